The summed E-state index contributed by atoms with van der Waals surface area (Å²) in [6, 6.07) is 26.9. The van der Waals surface area contributed by atoms with E-state index in [4.69, 9.17) is 23.2 Å². The second-order valence-corrected chi connectivity index (χ2v) is 10.5. The Morgan fingerprint density at radius 3 is 2.06 bits per heavy atom. The van der Waals surface area contributed by atoms with Crippen LogP contribution >= 0.6 is 23.2 Å². The fourth-order valence-corrected chi connectivity index (χ4v) is 6.20. The smallest absolute Gasteiger partial charge is 0.254 e. The van der Waals surface area contributed by atoms with Gasteiger partial charge in [-0.15, -0.1) is 0 Å². The largest absolute Gasteiger partial charge is 0.265 e. The van der Waals surface area contributed by atoms with Gasteiger partial charge < -0.3 is 0 Å². The number of rotatable bonds is 3. The first-order valence-electron chi connectivity index (χ1n) is 10.1. The third-order valence-corrected chi connectivity index (χ3v) is 7.99. The lowest BCUT2D eigenvalue weighted by Gasteiger charge is -2.39. The zero-order chi connectivity index (χ0) is 22.5. The standard InChI is InChI=1S/C26H19Cl2NO2S/c1-17-7-11-21(12-8-17)32(30,31)29-25-16-20(28)10-14-23(25)22-13-9-19(27)15-24(22)26(29)18-5-3-2-4-6-18/h2-16,26H,1H3. The van der Waals surface area contributed by atoms with Gasteiger partial charge in [-0.3, -0.25) is 4.31 Å². The molecule has 0 fully saturated rings. The molecule has 0 aromatic heterocycles. The molecule has 0 radical (unpaired) electrons. The molecule has 1 atom stereocenters. The molecule has 160 valence electrons. The van der Waals surface area contributed by atoms with Gasteiger partial charge >= 0.3 is 0 Å². The Morgan fingerprint density at radius 2 is 1.38 bits per heavy atom. The molecule has 0 saturated carbocycles. The summed E-state index contributed by atoms with van der Waals surface area (Å²) in [7, 11) is -3.93. The predicted octanol–water partition coefficient (Wildman–Crippen LogP) is 7.27. The van der Waals surface area contributed by atoms with Crippen molar-refractivity contribution in [2.45, 2.75) is 17.9 Å². The molecule has 4 aromatic carbocycles. The molecule has 5 rings (SSSR count). The van der Waals surface area contributed by atoms with Crippen molar-refractivity contribution in [3.8, 4) is 11.1 Å². The van der Waals surface area contributed by atoms with E-state index in [1.54, 1.807) is 36.4 Å². The maximum absolute atomic E-state index is 14.1. The number of halogens is 2. The van der Waals surface area contributed by atoms with Crippen LogP contribution in [0, 0.1) is 6.92 Å². The van der Waals surface area contributed by atoms with Gasteiger partial charge in [0.15, 0.2) is 0 Å². The fourth-order valence-electron chi connectivity index (χ4n) is 4.23. The molecule has 0 spiro atoms. The Labute approximate surface area is 197 Å². The molecule has 0 saturated heterocycles. The molecule has 1 aliphatic rings. The first-order valence-corrected chi connectivity index (χ1v) is 12.3. The number of anilines is 1. The van der Waals surface area contributed by atoms with Crippen LogP contribution in [0.2, 0.25) is 10.0 Å². The van der Waals surface area contributed by atoms with Gasteiger partial charge in [0, 0.05) is 15.6 Å². The van der Waals surface area contributed by atoms with Crippen molar-refractivity contribution in [1.29, 1.82) is 0 Å². The van der Waals surface area contributed by atoms with Crippen LogP contribution in [0.4, 0.5) is 5.69 Å². The Morgan fingerprint density at radius 1 is 0.750 bits per heavy atom. The molecule has 1 aliphatic heterocycles. The van der Waals surface area contributed by atoms with Crippen LogP contribution in [-0.2, 0) is 10.0 Å². The maximum Gasteiger partial charge on any atom is 0.265 e. The molecule has 6 heteroatoms. The maximum atomic E-state index is 14.1. The van der Waals surface area contributed by atoms with Gasteiger partial charge in [0.1, 0.15) is 0 Å². The van der Waals surface area contributed by atoms with Gasteiger partial charge in [-0.05, 0) is 60.0 Å². The highest BCUT2D eigenvalue weighted by molar-refractivity contribution is 7.92. The van der Waals surface area contributed by atoms with Gasteiger partial charge in [0.2, 0.25) is 0 Å². The minimum absolute atomic E-state index is 0.223. The van der Waals surface area contributed by atoms with Crippen molar-refractivity contribution in [3.05, 3.63) is 118 Å². The van der Waals surface area contributed by atoms with Crippen molar-refractivity contribution in [3.63, 3.8) is 0 Å². The normalized spacial score (nSPS) is 15.2. The van der Waals surface area contributed by atoms with E-state index in [2.05, 4.69) is 0 Å². The van der Waals surface area contributed by atoms with Crippen LogP contribution in [0.15, 0.2) is 95.9 Å². The third-order valence-electron chi connectivity index (χ3n) is 5.72. The summed E-state index contributed by atoms with van der Waals surface area (Å²) in [6.07, 6.45) is 0. The number of fused-ring (bicyclic) bond motifs is 3. The summed E-state index contributed by atoms with van der Waals surface area (Å²) in [5, 5.41) is 1.02. The van der Waals surface area contributed by atoms with Crippen LogP contribution in [0.3, 0.4) is 0 Å². The molecule has 32 heavy (non-hydrogen) atoms. The Bertz CT molecular complexity index is 1420. The molecular weight excluding hydrogens is 461 g/mol. The van der Waals surface area contributed by atoms with Gasteiger partial charge in [0.25, 0.3) is 10.0 Å². The van der Waals surface area contributed by atoms with E-state index in [1.807, 2.05) is 61.5 Å². The summed E-state index contributed by atoms with van der Waals surface area (Å²) in [5.41, 5.74) is 4.94. The highest BCUT2D eigenvalue weighted by Crippen LogP contribution is 2.50. The number of nitrogens with zero attached hydrogens (tertiary/aromatic N) is 1. The zero-order valence-electron chi connectivity index (χ0n) is 17.2. The molecule has 0 amide bonds. The highest BCUT2D eigenvalue weighted by atomic mass is 35.5. The van der Waals surface area contributed by atoms with Crippen molar-refractivity contribution < 1.29 is 8.42 Å². The lowest BCUT2D eigenvalue weighted by molar-refractivity contribution is 0.585. The second kappa shape index (κ2) is 7.96. The van der Waals surface area contributed by atoms with Gasteiger partial charge in [-0.2, -0.15) is 0 Å². The van der Waals surface area contributed by atoms with E-state index in [-0.39, 0.29) is 4.90 Å². The van der Waals surface area contributed by atoms with Crippen molar-refractivity contribution in [2.75, 3.05) is 4.31 Å². The monoisotopic (exact) mass is 479 g/mol. The lowest BCUT2D eigenvalue weighted by Crippen LogP contribution is -2.38. The summed E-state index contributed by atoms with van der Waals surface area (Å²) >= 11 is 12.8. The first kappa shape index (κ1) is 21.1. The minimum Gasteiger partial charge on any atom is -0.254 e. The highest BCUT2D eigenvalue weighted by Gasteiger charge is 2.40. The van der Waals surface area contributed by atoms with Gasteiger partial charge in [-0.25, -0.2) is 8.42 Å². The van der Waals surface area contributed by atoms with Crippen LogP contribution < -0.4 is 4.31 Å². The molecule has 0 aliphatic carbocycles. The average molecular weight is 480 g/mol. The predicted molar refractivity (Wildman–Crippen MR) is 131 cm³/mol. The van der Waals surface area contributed by atoms with Crippen LogP contribution in [0.5, 0.6) is 0 Å². The number of benzene rings is 4. The Kier molecular flexibility index (Phi) is 5.25. The summed E-state index contributed by atoms with van der Waals surface area (Å²) < 4.78 is 29.7. The molecule has 1 heterocycles. The average Bonchev–Trinajstić information content (AvgIpc) is 2.78. The van der Waals surface area contributed by atoms with E-state index in [0.717, 1.165) is 27.8 Å². The lowest BCUT2D eigenvalue weighted by atomic mass is 9.86. The van der Waals surface area contributed by atoms with Gasteiger partial charge in [0.05, 0.1) is 16.6 Å². The van der Waals surface area contributed by atoms with Gasteiger partial charge in [-0.1, -0.05) is 83.4 Å². The van der Waals surface area contributed by atoms with E-state index in [9.17, 15) is 8.42 Å². The first-order chi connectivity index (χ1) is 15.4. The molecule has 0 bridgehead atoms. The molecular formula is C26H19Cl2NO2S. The van der Waals surface area contributed by atoms with E-state index < -0.39 is 16.1 Å². The van der Waals surface area contributed by atoms with E-state index in [1.165, 1.54) is 4.31 Å². The summed E-state index contributed by atoms with van der Waals surface area (Å²) in [6.45, 7) is 1.93. The third kappa shape index (κ3) is 3.49. The van der Waals surface area contributed by atoms with Crippen LogP contribution in [-0.4, -0.2) is 8.42 Å². The minimum atomic E-state index is -3.93. The molecule has 4 aromatic rings. The van der Waals surface area contributed by atoms with Crippen LogP contribution in [0.1, 0.15) is 22.7 Å². The number of sulfonamides is 1. The Balaban J connectivity index is 1.85. The fraction of sp³-hybridized carbons (Fsp3) is 0.0769. The van der Waals surface area contributed by atoms with Crippen molar-refractivity contribution in [1.82, 2.24) is 0 Å². The topological polar surface area (TPSA) is 37.4 Å². The number of hydrogen-bond acceptors (Lipinski definition) is 2. The molecule has 1 unspecified atom stereocenters. The number of hydrogen-bond donors (Lipinski definition) is 0. The SMILES string of the molecule is Cc1ccc(S(=O)(=O)N2c3cc(Cl)ccc3-c3ccc(Cl)cc3C2c2ccccc2)cc1. The Hall–Kier alpha value is -2.79. The molecule has 0 N–H and O–H groups in total. The quantitative estimate of drug-likeness (QED) is 0.309. The zero-order valence-corrected chi connectivity index (χ0v) is 19.5. The van der Waals surface area contributed by atoms with Crippen molar-refractivity contribution >= 4 is 38.9 Å². The molecule has 3 nitrogen and oxygen atoms in total. The van der Waals surface area contributed by atoms with Crippen molar-refractivity contribution in [2.24, 2.45) is 0 Å². The van der Waals surface area contributed by atoms with Crippen LogP contribution in [0.25, 0.3) is 11.1 Å². The second-order valence-electron chi connectivity index (χ2n) is 7.82. The van der Waals surface area contributed by atoms with E-state index >= 15 is 0 Å². The summed E-state index contributed by atoms with van der Waals surface area (Å²) in [5.74, 6) is 0. The van der Waals surface area contributed by atoms with E-state index in [0.29, 0.717) is 15.7 Å². The number of aryl methyl sites for hydroxylation is 1. The summed E-state index contributed by atoms with van der Waals surface area (Å²) in [4.78, 5) is 0.223.